The van der Waals surface area contributed by atoms with E-state index in [2.05, 4.69) is 0 Å². The van der Waals surface area contributed by atoms with Crippen LogP contribution >= 0.6 is 0 Å². The van der Waals surface area contributed by atoms with Crippen LogP contribution in [0.25, 0.3) is 0 Å². The summed E-state index contributed by atoms with van der Waals surface area (Å²) in [7, 11) is -2.08. The van der Waals surface area contributed by atoms with E-state index in [-0.39, 0.29) is 56.3 Å². The van der Waals surface area contributed by atoms with Gasteiger partial charge in [-0.15, -0.1) is 0 Å². The van der Waals surface area contributed by atoms with Crippen LogP contribution in [0.2, 0.25) is 0 Å². The third-order valence-corrected chi connectivity index (χ3v) is 2.32. The molecule has 0 spiro atoms. The molecular weight excluding hydrogens is 217 g/mol. The Labute approximate surface area is 120 Å². The normalized spacial score (nSPS) is 10.3. The number of ether oxygens (including phenoxy) is 1. The van der Waals surface area contributed by atoms with Crippen LogP contribution in [0, 0.1) is 0 Å². The number of benzene rings is 1. The molecule has 0 radical (unpaired) electrons. The smallest absolute Gasteiger partial charge is 0.497 e. The topological polar surface area (TPSA) is 69.4 Å². The largest absolute Gasteiger partial charge is 1.00 e. The van der Waals surface area contributed by atoms with Crippen LogP contribution in [0.1, 0.15) is 0 Å². The summed E-state index contributed by atoms with van der Waals surface area (Å²) in [6, 6.07) is 5.88. The maximum Gasteiger partial charge on any atom is 1.00 e. The Kier molecular flexibility index (Phi) is 5.69. The van der Waals surface area contributed by atoms with Crippen molar-refractivity contribution in [2.75, 3.05) is 7.11 Å². The Bertz CT molecular complexity index is 360. The Balaban J connectivity index is 0.00000144. The van der Waals surface area contributed by atoms with Gasteiger partial charge in [-0.25, -0.2) is 13.6 Å². The zero-order chi connectivity index (χ0) is 9.19. The van der Waals surface area contributed by atoms with Crippen molar-refractivity contribution in [1.82, 2.24) is 0 Å². The minimum atomic E-state index is -3.58. The molecule has 0 fully saturated rings. The summed E-state index contributed by atoms with van der Waals surface area (Å²) in [4.78, 5) is 0.0864. The minimum Gasteiger partial charge on any atom is -0.497 e. The fraction of sp³-hybridized carbons (Fsp3) is 0.143. The molecule has 0 atom stereocenters. The van der Waals surface area contributed by atoms with E-state index in [0.717, 1.165) is 0 Å². The molecule has 1 aromatic rings. The summed E-state index contributed by atoms with van der Waals surface area (Å²) in [5.41, 5.74) is 0. The number of methoxy groups -OCH3 is 1. The van der Waals surface area contributed by atoms with Crippen molar-refractivity contribution in [3.63, 3.8) is 0 Å². The number of nitrogens with two attached hydrogens (primary N) is 1. The molecule has 0 bridgehead atoms. The second-order valence-corrected chi connectivity index (χ2v) is 3.78. The zero-order valence-electron chi connectivity index (χ0n) is 7.52. The number of hydrogen-bond donors (Lipinski definition) is 1. The van der Waals surface area contributed by atoms with Crippen LogP contribution in [0.3, 0.4) is 0 Å². The Morgan fingerprint density at radius 1 is 1.23 bits per heavy atom. The minimum absolute atomic E-state index is 0. The fourth-order valence-corrected chi connectivity index (χ4v) is 1.28. The molecule has 0 saturated heterocycles. The standard InChI is InChI=1S/C7H9NO3S.K/c1-11-6-2-4-7(5-3-6)12(8,9)10;/h2-5H,1H3,(H2,8,9,10);/q;+1. The van der Waals surface area contributed by atoms with Crippen LogP contribution in [0.15, 0.2) is 29.2 Å². The molecule has 0 amide bonds. The monoisotopic (exact) mass is 226 g/mol. The summed E-state index contributed by atoms with van der Waals surface area (Å²) < 4.78 is 26.4. The van der Waals surface area contributed by atoms with Gasteiger partial charge in [-0.1, -0.05) is 0 Å². The van der Waals surface area contributed by atoms with Gasteiger partial charge < -0.3 is 4.74 Å². The van der Waals surface area contributed by atoms with E-state index in [1.807, 2.05) is 0 Å². The molecule has 1 aromatic carbocycles. The van der Waals surface area contributed by atoms with E-state index in [0.29, 0.717) is 5.75 Å². The van der Waals surface area contributed by atoms with Crippen molar-refractivity contribution < 1.29 is 64.5 Å². The van der Waals surface area contributed by atoms with Gasteiger partial charge in [0.25, 0.3) is 0 Å². The molecule has 13 heavy (non-hydrogen) atoms. The van der Waals surface area contributed by atoms with Gasteiger partial charge in [0.15, 0.2) is 0 Å². The fourth-order valence-electron chi connectivity index (χ4n) is 0.765. The second kappa shape index (κ2) is 5.45. The van der Waals surface area contributed by atoms with Gasteiger partial charge >= 0.3 is 51.4 Å². The Morgan fingerprint density at radius 2 is 1.69 bits per heavy atom. The molecule has 0 aliphatic rings. The van der Waals surface area contributed by atoms with Crippen LogP contribution < -0.4 is 61.3 Å². The predicted octanol–water partition coefficient (Wildman–Crippen LogP) is -2.65. The van der Waals surface area contributed by atoms with Gasteiger partial charge in [-0.3, -0.25) is 0 Å². The Morgan fingerprint density at radius 3 is 2.00 bits per heavy atom. The molecule has 1 rings (SSSR count). The summed E-state index contributed by atoms with van der Waals surface area (Å²) in [6.07, 6.45) is 0. The molecular formula is C7H9KNO3S+. The molecule has 66 valence electrons. The second-order valence-electron chi connectivity index (χ2n) is 2.22. The first-order chi connectivity index (χ1) is 5.54. The van der Waals surface area contributed by atoms with Gasteiger partial charge in [0.1, 0.15) is 5.75 Å². The average molecular weight is 226 g/mol. The van der Waals surface area contributed by atoms with E-state index in [1.165, 1.54) is 19.2 Å². The van der Waals surface area contributed by atoms with Gasteiger partial charge in [0, 0.05) is 0 Å². The van der Waals surface area contributed by atoms with Crippen LogP contribution in [-0.2, 0) is 10.0 Å². The summed E-state index contributed by atoms with van der Waals surface area (Å²) in [5, 5.41) is 4.88. The third kappa shape index (κ3) is 4.07. The average Bonchev–Trinajstić information content (AvgIpc) is 2.03. The van der Waals surface area contributed by atoms with Crippen molar-refractivity contribution in [2.24, 2.45) is 5.14 Å². The van der Waals surface area contributed by atoms with Crippen molar-refractivity contribution in [3.8, 4) is 5.75 Å². The zero-order valence-corrected chi connectivity index (χ0v) is 11.5. The molecule has 0 unspecified atom stereocenters. The van der Waals surface area contributed by atoms with Crippen molar-refractivity contribution in [1.29, 1.82) is 0 Å². The summed E-state index contributed by atoms with van der Waals surface area (Å²) in [6.45, 7) is 0. The predicted molar refractivity (Wildman–Crippen MR) is 44.4 cm³/mol. The van der Waals surface area contributed by atoms with Gasteiger partial charge in [-0.2, -0.15) is 0 Å². The summed E-state index contributed by atoms with van der Waals surface area (Å²) >= 11 is 0. The SMILES string of the molecule is COc1ccc(S(N)(=O)=O)cc1.[K+]. The number of primary sulfonamides is 1. The molecule has 0 aromatic heterocycles. The maximum absolute atomic E-state index is 10.8. The number of hydrogen-bond acceptors (Lipinski definition) is 3. The molecule has 0 saturated carbocycles. The van der Waals surface area contributed by atoms with E-state index >= 15 is 0 Å². The molecule has 4 nitrogen and oxygen atoms in total. The van der Waals surface area contributed by atoms with Gasteiger partial charge in [-0.05, 0) is 24.3 Å². The van der Waals surface area contributed by atoms with Crippen LogP contribution in [0.4, 0.5) is 0 Å². The quantitative estimate of drug-likeness (QED) is 0.560. The van der Waals surface area contributed by atoms with E-state index < -0.39 is 10.0 Å². The van der Waals surface area contributed by atoms with Crippen molar-refractivity contribution >= 4 is 10.0 Å². The van der Waals surface area contributed by atoms with Crippen molar-refractivity contribution in [3.05, 3.63) is 24.3 Å². The third-order valence-electron chi connectivity index (χ3n) is 1.39. The number of rotatable bonds is 2. The molecule has 0 aliphatic carbocycles. The van der Waals surface area contributed by atoms with E-state index in [1.54, 1.807) is 12.1 Å². The first kappa shape index (κ1) is 13.6. The Hall–Kier alpha value is 0.566. The molecule has 0 aliphatic heterocycles. The molecule has 6 heteroatoms. The van der Waals surface area contributed by atoms with E-state index in [9.17, 15) is 8.42 Å². The molecule has 0 heterocycles. The first-order valence-corrected chi connectivity index (χ1v) is 4.75. The van der Waals surface area contributed by atoms with Crippen LogP contribution in [0.5, 0.6) is 5.75 Å². The summed E-state index contributed by atoms with van der Waals surface area (Å²) in [5.74, 6) is 0.599. The van der Waals surface area contributed by atoms with Crippen LogP contribution in [-0.4, -0.2) is 15.5 Å². The number of sulfonamides is 1. The van der Waals surface area contributed by atoms with Gasteiger partial charge in [0.2, 0.25) is 10.0 Å². The van der Waals surface area contributed by atoms with Crippen molar-refractivity contribution in [2.45, 2.75) is 4.90 Å². The first-order valence-electron chi connectivity index (χ1n) is 3.21. The van der Waals surface area contributed by atoms with Gasteiger partial charge in [0.05, 0.1) is 12.0 Å². The molecule has 2 N–H and O–H groups in total. The maximum atomic E-state index is 10.8. The van der Waals surface area contributed by atoms with E-state index in [4.69, 9.17) is 9.88 Å².